The third-order valence-corrected chi connectivity index (χ3v) is 8.14. The molecular formula is C15H20Si. The standard InChI is InChI=1S/C15H20Si/c1-16(2,3)15-10-13(9-14(15)11-15)12-7-5-4-6-8-12/h4-8,10,14H,9,11H2,1-3H3. The zero-order valence-corrected chi connectivity index (χ0v) is 11.5. The van der Waals surface area contributed by atoms with E-state index in [2.05, 4.69) is 56.0 Å². The molecule has 2 aliphatic rings. The average molecular weight is 228 g/mol. The first-order valence-corrected chi connectivity index (χ1v) is 9.80. The van der Waals surface area contributed by atoms with Crippen LogP contribution < -0.4 is 0 Å². The molecule has 1 heteroatoms. The normalized spacial score (nSPS) is 32.2. The Balaban J connectivity index is 1.95. The maximum atomic E-state index is 2.64. The minimum Gasteiger partial charge on any atom is -0.0769 e. The van der Waals surface area contributed by atoms with Crippen molar-refractivity contribution >= 4 is 13.6 Å². The lowest BCUT2D eigenvalue weighted by molar-refractivity contribution is 0.855. The summed E-state index contributed by atoms with van der Waals surface area (Å²) in [5.74, 6) is 0.981. The smallest absolute Gasteiger partial charge is 0.0553 e. The molecule has 0 N–H and O–H groups in total. The second-order valence-corrected chi connectivity index (χ2v) is 11.9. The first kappa shape index (κ1) is 10.3. The lowest BCUT2D eigenvalue weighted by Crippen LogP contribution is -2.28. The van der Waals surface area contributed by atoms with Gasteiger partial charge in [0, 0.05) is 0 Å². The fourth-order valence-electron chi connectivity index (χ4n) is 3.40. The second-order valence-electron chi connectivity index (χ2n) is 6.43. The van der Waals surface area contributed by atoms with E-state index in [1.54, 1.807) is 5.57 Å². The molecule has 0 aliphatic heterocycles. The van der Waals surface area contributed by atoms with E-state index in [1.807, 2.05) is 0 Å². The summed E-state index contributed by atoms with van der Waals surface area (Å²) in [6.07, 6.45) is 5.44. The Kier molecular flexibility index (Phi) is 2.00. The topological polar surface area (TPSA) is 0 Å². The first-order valence-electron chi connectivity index (χ1n) is 6.30. The van der Waals surface area contributed by atoms with Crippen LogP contribution in [0.15, 0.2) is 36.4 Å². The molecule has 3 rings (SSSR count). The van der Waals surface area contributed by atoms with Gasteiger partial charge in [0.25, 0.3) is 0 Å². The van der Waals surface area contributed by atoms with E-state index in [4.69, 9.17) is 0 Å². The highest BCUT2D eigenvalue weighted by Crippen LogP contribution is 2.73. The molecule has 84 valence electrons. The molecule has 2 unspecified atom stereocenters. The first-order chi connectivity index (χ1) is 7.53. The van der Waals surface area contributed by atoms with Gasteiger partial charge < -0.3 is 0 Å². The van der Waals surface area contributed by atoms with Crippen LogP contribution in [0.1, 0.15) is 18.4 Å². The van der Waals surface area contributed by atoms with Crippen LogP contribution in [0.5, 0.6) is 0 Å². The molecule has 1 aromatic rings. The molecule has 2 atom stereocenters. The molecule has 0 radical (unpaired) electrons. The van der Waals surface area contributed by atoms with E-state index in [-0.39, 0.29) is 0 Å². The van der Waals surface area contributed by atoms with E-state index in [0.29, 0.717) is 5.04 Å². The molecule has 1 saturated carbocycles. The van der Waals surface area contributed by atoms with Gasteiger partial charge in [-0.25, -0.2) is 0 Å². The molecule has 0 nitrogen and oxygen atoms in total. The fraction of sp³-hybridized carbons (Fsp3) is 0.467. The predicted molar refractivity (Wildman–Crippen MR) is 73.2 cm³/mol. The summed E-state index contributed by atoms with van der Waals surface area (Å²) in [6, 6.07) is 10.9. The maximum Gasteiger partial charge on any atom is 0.0553 e. The number of benzene rings is 1. The minimum atomic E-state index is -1.03. The van der Waals surface area contributed by atoms with Crippen molar-refractivity contribution in [1.82, 2.24) is 0 Å². The molecule has 2 aliphatic carbocycles. The van der Waals surface area contributed by atoms with Crippen LogP contribution in [0.2, 0.25) is 24.7 Å². The van der Waals surface area contributed by atoms with Crippen molar-refractivity contribution in [2.24, 2.45) is 5.92 Å². The fourth-order valence-corrected chi connectivity index (χ4v) is 6.20. The highest BCUT2D eigenvalue weighted by Gasteiger charge is 2.62. The van der Waals surface area contributed by atoms with E-state index >= 15 is 0 Å². The molecule has 1 aromatic carbocycles. The minimum absolute atomic E-state index is 0.651. The van der Waals surface area contributed by atoms with Gasteiger partial charge in [-0.2, -0.15) is 0 Å². The van der Waals surface area contributed by atoms with Gasteiger partial charge in [0.2, 0.25) is 0 Å². The van der Waals surface area contributed by atoms with Crippen molar-refractivity contribution in [2.45, 2.75) is 37.5 Å². The molecule has 0 aromatic heterocycles. The Morgan fingerprint density at radius 2 is 1.81 bits per heavy atom. The Hall–Kier alpha value is -0.823. The van der Waals surface area contributed by atoms with Crippen molar-refractivity contribution in [3.8, 4) is 0 Å². The molecule has 0 saturated heterocycles. The third kappa shape index (κ3) is 1.34. The number of allylic oxidation sites excluding steroid dienone is 2. The monoisotopic (exact) mass is 228 g/mol. The van der Waals surface area contributed by atoms with E-state index in [0.717, 1.165) is 5.92 Å². The van der Waals surface area contributed by atoms with Crippen molar-refractivity contribution in [3.63, 3.8) is 0 Å². The molecule has 0 spiro atoms. The Morgan fingerprint density at radius 3 is 2.38 bits per heavy atom. The summed E-state index contributed by atoms with van der Waals surface area (Å²) in [7, 11) is -1.03. The summed E-state index contributed by atoms with van der Waals surface area (Å²) < 4.78 is 0. The highest BCUT2D eigenvalue weighted by molar-refractivity contribution is 6.80. The van der Waals surface area contributed by atoms with Crippen LogP contribution >= 0.6 is 0 Å². The van der Waals surface area contributed by atoms with E-state index < -0.39 is 8.07 Å². The van der Waals surface area contributed by atoms with Crippen molar-refractivity contribution in [3.05, 3.63) is 42.0 Å². The van der Waals surface area contributed by atoms with Crippen LogP contribution in [-0.2, 0) is 0 Å². The van der Waals surface area contributed by atoms with Gasteiger partial charge in [-0.1, -0.05) is 56.0 Å². The average Bonchev–Trinajstić information content (AvgIpc) is 2.83. The zero-order chi connectivity index (χ0) is 11.4. The van der Waals surface area contributed by atoms with Gasteiger partial charge in [-0.3, -0.25) is 0 Å². The molecule has 0 bridgehead atoms. The molecule has 1 fully saturated rings. The second kappa shape index (κ2) is 3.10. The van der Waals surface area contributed by atoms with Gasteiger partial charge >= 0.3 is 0 Å². The Bertz CT molecular complexity index is 438. The Morgan fingerprint density at radius 1 is 1.12 bits per heavy atom. The van der Waals surface area contributed by atoms with Gasteiger partial charge in [0.05, 0.1) is 8.07 Å². The lowest BCUT2D eigenvalue weighted by atomic mass is 10.0. The number of rotatable bonds is 2. The number of fused-ring (bicyclic) bond motifs is 1. The van der Waals surface area contributed by atoms with Gasteiger partial charge in [0.15, 0.2) is 0 Å². The van der Waals surface area contributed by atoms with Crippen LogP contribution in [0.25, 0.3) is 5.57 Å². The molecular weight excluding hydrogens is 208 g/mol. The van der Waals surface area contributed by atoms with E-state index in [1.165, 1.54) is 18.4 Å². The van der Waals surface area contributed by atoms with Crippen LogP contribution in [0.4, 0.5) is 0 Å². The summed E-state index contributed by atoms with van der Waals surface area (Å²) in [5, 5.41) is 0.651. The molecule has 0 heterocycles. The van der Waals surface area contributed by atoms with Crippen molar-refractivity contribution in [1.29, 1.82) is 0 Å². The van der Waals surface area contributed by atoms with Gasteiger partial charge in [-0.05, 0) is 34.9 Å². The largest absolute Gasteiger partial charge is 0.0769 e. The molecule has 16 heavy (non-hydrogen) atoms. The predicted octanol–water partition coefficient (Wildman–Crippen LogP) is 4.57. The van der Waals surface area contributed by atoms with Crippen molar-refractivity contribution in [2.75, 3.05) is 0 Å². The van der Waals surface area contributed by atoms with Crippen molar-refractivity contribution < 1.29 is 0 Å². The van der Waals surface area contributed by atoms with E-state index in [9.17, 15) is 0 Å². The lowest BCUT2D eigenvalue weighted by Gasteiger charge is -2.25. The maximum absolute atomic E-state index is 2.64. The summed E-state index contributed by atoms with van der Waals surface area (Å²) >= 11 is 0. The van der Waals surface area contributed by atoms with Gasteiger partial charge in [-0.15, -0.1) is 0 Å². The molecule has 0 amide bonds. The number of hydrogen-bond acceptors (Lipinski definition) is 0. The quantitative estimate of drug-likeness (QED) is 0.650. The third-order valence-electron chi connectivity index (χ3n) is 4.59. The zero-order valence-electron chi connectivity index (χ0n) is 10.5. The summed E-state index contributed by atoms with van der Waals surface area (Å²) in [4.78, 5) is 0. The van der Waals surface area contributed by atoms with Crippen LogP contribution in [-0.4, -0.2) is 8.07 Å². The Labute approximate surface area is 99.4 Å². The van der Waals surface area contributed by atoms with Crippen LogP contribution in [0.3, 0.4) is 0 Å². The SMILES string of the molecule is C[Si](C)(C)C12C=C(c3ccccc3)CC1C2. The number of hydrogen-bond donors (Lipinski definition) is 0. The summed E-state index contributed by atoms with van der Waals surface area (Å²) in [6.45, 7) is 7.58. The van der Waals surface area contributed by atoms with Crippen LogP contribution in [0, 0.1) is 5.92 Å². The summed E-state index contributed by atoms with van der Waals surface area (Å²) in [5.41, 5.74) is 3.06. The highest BCUT2D eigenvalue weighted by atomic mass is 28.3. The van der Waals surface area contributed by atoms with Gasteiger partial charge in [0.1, 0.15) is 0 Å².